The molecule has 4 rings (SSSR count). The van der Waals surface area contributed by atoms with Crippen LogP contribution in [0.2, 0.25) is 0 Å². The van der Waals surface area contributed by atoms with Crippen LogP contribution in [0, 0.1) is 5.92 Å². The van der Waals surface area contributed by atoms with E-state index in [0.717, 1.165) is 30.7 Å². The van der Waals surface area contributed by atoms with Gasteiger partial charge in [0.05, 0.1) is 16.6 Å². The Morgan fingerprint density at radius 2 is 1.93 bits per heavy atom. The summed E-state index contributed by atoms with van der Waals surface area (Å²) in [5.74, 6) is 0.768. The maximum Gasteiger partial charge on any atom is 0.263 e. The molecule has 2 saturated heterocycles. The largest absolute Gasteiger partial charge is 0.338 e. The summed E-state index contributed by atoms with van der Waals surface area (Å²) in [6.07, 6.45) is 3.30. The Morgan fingerprint density at radius 3 is 2.57 bits per heavy atom. The van der Waals surface area contributed by atoms with Crippen molar-refractivity contribution in [1.82, 2.24) is 15.1 Å². The van der Waals surface area contributed by atoms with Gasteiger partial charge in [-0.05, 0) is 29.3 Å². The number of piperidine rings is 1. The number of hydrogen-bond donors (Lipinski definition) is 1. The molecule has 0 bridgehead atoms. The highest BCUT2D eigenvalue weighted by molar-refractivity contribution is 7.12. The molecule has 1 N–H and O–H groups in total. The molecule has 1 aromatic heterocycles. The molecule has 2 aliphatic rings. The number of carbonyl (C=O) groups is 2. The van der Waals surface area contributed by atoms with Crippen molar-refractivity contribution in [1.29, 1.82) is 0 Å². The first-order chi connectivity index (χ1) is 14.5. The Hall–Kier alpha value is -2.18. The minimum absolute atomic E-state index is 0.110. The molecule has 160 valence electrons. The molecule has 0 radical (unpaired) electrons. The van der Waals surface area contributed by atoms with Crippen LogP contribution in [0.4, 0.5) is 0 Å². The van der Waals surface area contributed by atoms with Crippen molar-refractivity contribution in [3.8, 4) is 0 Å². The Balaban J connectivity index is 1.50. The first-order valence-corrected chi connectivity index (χ1v) is 11.9. The molecule has 1 aromatic carbocycles. The van der Waals surface area contributed by atoms with Gasteiger partial charge in [0.2, 0.25) is 5.91 Å². The lowest BCUT2D eigenvalue weighted by molar-refractivity contribution is -0.134. The van der Waals surface area contributed by atoms with E-state index in [1.807, 2.05) is 40.6 Å². The topological polar surface area (TPSA) is 52.7 Å². The number of amides is 2. The molecule has 30 heavy (non-hydrogen) atoms. The lowest BCUT2D eigenvalue weighted by Gasteiger charge is -2.45. The second-order valence-corrected chi connectivity index (χ2v) is 9.60. The van der Waals surface area contributed by atoms with Crippen molar-refractivity contribution < 1.29 is 9.59 Å². The first kappa shape index (κ1) is 21.1. The average Bonchev–Trinajstić information content (AvgIpc) is 3.39. The highest BCUT2D eigenvalue weighted by Gasteiger charge is 2.51. The molecule has 2 unspecified atom stereocenters. The summed E-state index contributed by atoms with van der Waals surface area (Å²) in [6, 6.07) is 13.8. The van der Waals surface area contributed by atoms with Crippen LogP contribution in [0.5, 0.6) is 0 Å². The van der Waals surface area contributed by atoms with Gasteiger partial charge in [0.1, 0.15) is 0 Å². The zero-order valence-electron chi connectivity index (χ0n) is 17.8. The fourth-order valence-corrected chi connectivity index (χ4v) is 5.30. The van der Waals surface area contributed by atoms with E-state index in [0.29, 0.717) is 25.4 Å². The smallest absolute Gasteiger partial charge is 0.263 e. The first-order valence-electron chi connectivity index (χ1n) is 11.0. The number of nitrogens with zero attached hydrogens (tertiary/aromatic N) is 2. The second kappa shape index (κ2) is 8.90. The van der Waals surface area contributed by atoms with E-state index in [1.54, 1.807) is 0 Å². The van der Waals surface area contributed by atoms with Gasteiger partial charge >= 0.3 is 0 Å². The Labute approximate surface area is 183 Å². The minimum Gasteiger partial charge on any atom is -0.338 e. The van der Waals surface area contributed by atoms with Gasteiger partial charge in [-0.1, -0.05) is 56.7 Å². The van der Waals surface area contributed by atoms with Crippen molar-refractivity contribution in [3.63, 3.8) is 0 Å². The molecule has 2 aliphatic heterocycles. The number of rotatable bonds is 6. The summed E-state index contributed by atoms with van der Waals surface area (Å²) in [5, 5.41) is 5.66. The fourth-order valence-electron chi connectivity index (χ4n) is 4.61. The molecule has 1 spiro atoms. The maximum absolute atomic E-state index is 13.4. The van der Waals surface area contributed by atoms with Crippen LogP contribution in [0.3, 0.4) is 0 Å². The predicted octanol–water partition coefficient (Wildman–Crippen LogP) is 3.77. The molecular weight excluding hydrogens is 394 g/mol. The number of hydrogen-bond acceptors (Lipinski definition) is 4. The van der Waals surface area contributed by atoms with Crippen molar-refractivity contribution in [2.75, 3.05) is 19.6 Å². The molecule has 2 atom stereocenters. The molecule has 2 amide bonds. The summed E-state index contributed by atoms with van der Waals surface area (Å²) < 4.78 is 0. The standard InChI is InChI=1S/C24H31N3O2S/c1-3-18(2)17-27-22(28)20(16-19-8-5-4-6-9-19)25-24(27)11-13-26(14-12-24)23(29)21-10-7-15-30-21/h4-10,15,18,20,25H,3,11-14,16-17H2,1-2H3. The Bertz CT molecular complexity index is 860. The third kappa shape index (κ3) is 4.16. The molecule has 5 nitrogen and oxygen atoms in total. The lowest BCUT2D eigenvalue weighted by Crippen LogP contribution is -2.60. The van der Waals surface area contributed by atoms with E-state index in [4.69, 9.17) is 0 Å². The molecule has 0 saturated carbocycles. The predicted molar refractivity (Wildman–Crippen MR) is 120 cm³/mol. The number of thiophene rings is 1. The zero-order valence-corrected chi connectivity index (χ0v) is 18.7. The number of carbonyl (C=O) groups excluding carboxylic acids is 2. The third-order valence-electron chi connectivity index (χ3n) is 6.61. The van der Waals surface area contributed by atoms with E-state index in [1.165, 1.54) is 16.9 Å². The van der Waals surface area contributed by atoms with Crippen LogP contribution in [-0.2, 0) is 11.2 Å². The van der Waals surface area contributed by atoms with Crippen LogP contribution in [0.1, 0.15) is 48.3 Å². The van der Waals surface area contributed by atoms with Crippen molar-refractivity contribution >= 4 is 23.2 Å². The Kier molecular flexibility index (Phi) is 6.25. The summed E-state index contributed by atoms with van der Waals surface area (Å²) in [7, 11) is 0. The van der Waals surface area contributed by atoms with Gasteiger partial charge in [0.25, 0.3) is 5.91 Å². The highest BCUT2D eigenvalue weighted by Crippen LogP contribution is 2.35. The number of nitrogens with one attached hydrogen (secondary N) is 1. The summed E-state index contributed by atoms with van der Waals surface area (Å²) in [5.41, 5.74) is 0.834. The van der Waals surface area contributed by atoms with Crippen LogP contribution in [-0.4, -0.2) is 53.0 Å². The SMILES string of the molecule is CCC(C)CN1C(=O)C(Cc2ccccc2)NC12CCN(C(=O)c1cccs1)CC2. The van der Waals surface area contributed by atoms with Crippen molar-refractivity contribution in [2.24, 2.45) is 5.92 Å². The van der Waals surface area contributed by atoms with Crippen LogP contribution in [0.25, 0.3) is 0 Å². The molecule has 0 aliphatic carbocycles. The molecular formula is C24H31N3O2S. The van der Waals surface area contributed by atoms with Gasteiger partial charge in [-0.2, -0.15) is 0 Å². The minimum atomic E-state index is -0.341. The van der Waals surface area contributed by atoms with Crippen molar-refractivity contribution in [2.45, 2.75) is 51.2 Å². The average molecular weight is 426 g/mol. The van der Waals surface area contributed by atoms with E-state index < -0.39 is 0 Å². The van der Waals surface area contributed by atoms with E-state index in [-0.39, 0.29) is 23.5 Å². The molecule has 2 aromatic rings. The van der Waals surface area contributed by atoms with Crippen LogP contribution >= 0.6 is 11.3 Å². The maximum atomic E-state index is 13.4. The fraction of sp³-hybridized carbons (Fsp3) is 0.500. The van der Waals surface area contributed by atoms with Gasteiger partial charge in [-0.3, -0.25) is 14.9 Å². The van der Waals surface area contributed by atoms with E-state index >= 15 is 0 Å². The van der Waals surface area contributed by atoms with Crippen molar-refractivity contribution in [3.05, 3.63) is 58.3 Å². The van der Waals surface area contributed by atoms with Gasteiger partial charge < -0.3 is 9.80 Å². The normalized spacial score (nSPS) is 21.9. The molecule has 6 heteroatoms. The summed E-state index contributed by atoms with van der Waals surface area (Å²) in [6.45, 7) is 6.50. The molecule has 2 fully saturated rings. The quantitative estimate of drug-likeness (QED) is 0.767. The van der Waals surface area contributed by atoms with Crippen LogP contribution in [0.15, 0.2) is 47.8 Å². The summed E-state index contributed by atoms with van der Waals surface area (Å²) in [4.78, 5) is 31.0. The third-order valence-corrected chi connectivity index (χ3v) is 7.47. The van der Waals surface area contributed by atoms with Gasteiger partial charge in [0.15, 0.2) is 0 Å². The van der Waals surface area contributed by atoms with Gasteiger partial charge in [-0.25, -0.2) is 0 Å². The highest BCUT2D eigenvalue weighted by atomic mass is 32.1. The van der Waals surface area contributed by atoms with E-state index in [2.05, 4.69) is 36.2 Å². The second-order valence-electron chi connectivity index (χ2n) is 8.65. The van der Waals surface area contributed by atoms with Gasteiger partial charge in [-0.15, -0.1) is 11.3 Å². The number of likely N-dealkylation sites (tertiary alicyclic amines) is 1. The lowest BCUT2D eigenvalue weighted by atomic mass is 9.94. The van der Waals surface area contributed by atoms with Gasteiger partial charge in [0, 0.05) is 32.5 Å². The van der Waals surface area contributed by atoms with Crippen LogP contribution < -0.4 is 5.32 Å². The monoisotopic (exact) mass is 425 g/mol. The Morgan fingerprint density at radius 1 is 1.20 bits per heavy atom. The molecule has 3 heterocycles. The summed E-state index contributed by atoms with van der Waals surface area (Å²) >= 11 is 1.49. The van der Waals surface area contributed by atoms with E-state index in [9.17, 15) is 9.59 Å². The number of benzene rings is 1. The zero-order chi connectivity index (χ0) is 21.1.